The molecule has 0 unspecified atom stereocenters. The van der Waals surface area contributed by atoms with Gasteiger partial charge in [0.1, 0.15) is 5.76 Å². The number of aromatic nitrogens is 1. The van der Waals surface area contributed by atoms with Gasteiger partial charge in [-0.25, -0.2) is 4.98 Å². The second-order valence-electron chi connectivity index (χ2n) is 6.71. The smallest absolute Gasteiger partial charge is 0.231 e. The molecule has 1 amide bonds. The van der Waals surface area contributed by atoms with Gasteiger partial charge >= 0.3 is 0 Å². The lowest BCUT2D eigenvalue weighted by molar-refractivity contribution is -0.120. The van der Waals surface area contributed by atoms with Crippen molar-refractivity contribution in [1.82, 2.24) is 10.3 Å². The SMILES string of the molecule is CCc1ccc(-c2nc(CC(=O)NCc3ccc4c(c3)OCO4)c(C)o2)cc1. The van der Waals surface area contributed by atoms with E-state index in [-0.39, 0.29) is 19.1 Å². The van der Waals surface area contributed by atoms with E-state index >= 15 is 0 Å². The highest BCUT2D eigenvalue weighted by Crippen LogP contribution is 2.32. The number of aryl methyl sites for hydroxylation is 2. The molecule has 0 atom stereocenters. The Balaban J connectivity index is 1.38. The van der Waals surface area contributed by atoms with E-state index < -0.39 is 0 Å². The standard InChI is InChI=1S/C22H22N2O4/c1-3-15-4-7-17(8-5-15)22-24-18(14(2)28-22)11-21(25)23-12-16-6-9-19-20(10-16)27-13-26-19/h4-10H,3,11-13H2,1-2H3,(H,23,25). The molecular formula is C22H22N2O4. The van der Waals surface area contributed by atoms with Crippen LogP contribution in [0.2, 0.25) is 0 Å². The van der Waals surface area contributed by atoms with Crippen LogP contribution in [-0.4, -0.2) is 17.7 Å². The van der Waals surface area contributed by atoms with Crippen molar-refractivity contribution < 1.29 is 18.7 Å². The Morgan fingerprint density at radius 2 is 1.82 bits per heavy atom. The van der Waals surface area contributed by atoms with Gasteiger partial charge in [-0.2, -0.15) is 0 Å². The van der Waals surface area contributed by atoms with Crippen LogP contribution in [0.25, 0.3) is 11.5 Å². The van der Waals surface area contributed by atoms with Crippen LogP contribution in [0.5, 0.6) is 11.5 Å². The maximum Gasteiger partial charge on any atom is 0.231 e. The summed E-state index contributed by atoms with van der Waals surface area (Å²) in [7, 11) is 0. The monoisotopic (exact) mass is 378 g/mol. The summed E-state index contributed by atoms with van der Waals surface area (Å²) >= 11 is 0. The minimum atomic E-state index is -0.109. The number of benzene rings is 2. The fourth-order valence-electron chi connectivity index (χ4n) is 3.06. The number of carbonyl (C=O) groups excluding carboxylic acids is 1. The first-order chi connectivity index (χ1) is 13.6. The number of amides is 1. The van der Waals surface area contributed by atoms with Crippen LogP contribution in [0.1, 0.15) is 29.5 Å². The Labute approximate surface area is 163 Å². The molecule has 2 heterocycles. The molecule has 2 aromatic carbocycles. The third kappa shape index (κ3) is 3.86. The van der Waals surface area contributed by atoms with Gasteiger partial charge < -0.3 is 19.2 Å². The van der Waals surface area contributed by atoms with Crippen LogP contribution in [0, 0.1) is 6.92 Å². The van der Waals surface area contributed by atoms with Gasteiger partial charge in [0.05, 0.1) is 12.1 Å². The van der Waals surface area contributed by atoms with Gasteiger partial charge in [-0.05, 0) is 48.7 Å². The summed E-state index contributed by atoms with van der Waals surface area (Å²) in [5.74, 6) is 2.53. The molecule has 0 radical (unpaired) electrons. The lowest BCUT2D eigenvalue weighted by Gasteiger charge is -2.05. The van der Waals surface area contributed by atoms with Crippen LogP contribution >= 0.6 is 0 Å². The average Bonchev–Trinajstić information content (AvgIpc) is 3.33. The highest BCUT2D eigenvalue weighted by molar-refractivity contribution is 5.78. The number of fused-ring (bicyclic) bond motifs is 1. The topological polar surface area (TPSA) is 73.6 Å². The zero-order chi connectivity index (χ0) is 19.5. The van der Waals surface area contributed by atoms with Crippen molar-refractivity contribution >= 4 is 5.91 Å². The fraction of sp³-hybridized carbons (Fsp3) is 0.273. The number of nitrogens with one attached hydrogen (secondary N) is 1. The van der Waals surface area contributed by atoms with Gasteiger partial charge in [0.25, 0.3) is 0 Å². The molecule has 4 rings (SSSR count). The number of oxazole rings is 1. The quantitative estimate of drug-likeness (QED) is 0.706. The summed E-state index contributed by atoms with van der Waals surface area (Å²) in [4.78, 5) is 16.9. The summed E-state index contributed by atoms with van der Waals surface area (Å²) in [5, 5.41) is 2.91. The Morgan fingerprint density at radius 1 is 1.07 bits per heavy atom. The molecule has 6 nitrogen and oxygen atoms in total. The van der Waals surface area contributed by atoms with E-state index in [1.807, 2.05) is 37.3 Å². The van der Waals surface area contributed by atoms with Gasteiger partial charge in [-0.15, -0.1) is 0 Å². The second kappa shape index (κ2) is 7.76. The van der Waals surface area contributed by atoms with E-state index in [0.717, 1.165) is 23.3 Å². The first-order valence-corrected chi connectivity index (χ1v) is 9.33. The predicted molar refractivity (Wildman–Crippen MR) is 104 cm³/mol. The van der Waals surface area contributed by atoms with Crippen LogP contribution in [0.3, 0.4) is 0 Å². The number of ether oxygens (including phenoxy) is 2. The lowest BCUT2D eigenvalue weighted by atomic mass is 10.1. The van der Waals surface area contributed by atoms with E-state index in [4.69, 9.17) is 13.9 Å². The van der Waals surface area contributed by atoms with Gasteiger partial charge in [0.15, 0.2) is 11.5 Å². The fourth-order valence-corrected chi connectivity index (χ4v) is 3.06. The molecule has 0 saturated carbocycles. The molecule has 0 saturated heterocycles. The molecule has 0 spiro atoms. The van der Waals surface area contributed by atoms with Crippen molar-refractivity contribution in [2.45, 2.75) is 33.2 Å². The third-order valence-corrected chi connectivity index (χ3v) is 4.76. The van der Waals surface area contributed by atoms with Crippen molar-refractivity contribution in [2.75, 3.05) is 6.79 Å². The normalized spacial score (nSPS) is 12.2. The first-order valence-electron chi connectivity index (χ1n) is 9.33. The van der Waals surface area contributed by atoms with E-state index in [1.54, 1.807) is 0 Å². The number of hydrogen-bond donors (Lipinski definition) is 1. The van der Waals surface area contributed by atoms with Gasteiger partial charge in [-0.3, -0.25) is 4.79 Å². The van der Waals surface area contributed by atoms with Crippen LogP contribution in [0.15, 0.2) is 46.9 Å². The number of hydrogen-bond acceptors (Lipinski definition) is 5. The second-order valence-corrected chi connectivity index (χ2v) is 6.71. The lowest BCUT2D eigenvalue weighted by Crippen LogP contribution is -2.24. The molecule has 28 heavy (non-hydrogen) atoms. The summed E-state index contributed by atoms with van der Waals surface area (Å²) in [6.45, 7) is 4.60. The Hall–Kier alpha value is -3.28. The average molecular weight is 378 g/mol. The third-order valence-electron chi connectivity index (χ3n) is 4.76. The maximum atomic E-state index is 12.4. The predicted octanol–water partition coefficient (Wildman–Crippen LogP) is 3.80. The Bertz CT molecular complexity index is 992. The maximum absolute atomic E-state index is 12.4. The molecular weight excluding hydrogens is 356 g/mol. The summed E-state index contributed by atoms with van der Waals surface area (Å²) < 4.78 is 16.4. The number of carbonyl (C=O) groups is 1. The van der Waals surface area contributed by atoms with Crippen LogP contribution in [0.4, 0.5) is 0 Å². The molecule has 0 aliphatic carbocycles. The summed E-state index contributed by atoms with van der Waals surface area (Å²) in [6, 6.07) is 13.7. The molecule has 0 bridgehead atoms. The highest BCUT2D eigenvalue weighted by atomic mass is 16.7. The molecule has 6 heteroatoms. The van der Waals surface area contributed by atoms with Gasteiger partial charge in [0.2, 0.25) is 18.6 Å². The van der Waals surface area contributed by atoms with Gasteiger partial charge in [-0.1, -0.05) is 25.1 Å². The Morgan fingerprint density at radius 3 is 2.61 bits per heavy atom. The van der Waals surface area contributed by atoms with E-state index in [1.165, 1.54) is 5.56 Å². The first kappa shape index (κ1) is 18.1. The largest absolute Gasteiger partial charge is 0.454 e. The van der Waals surface area contributed by atoms with Crippen molar-refractivity contribution in [3.8, 4) is 23.0 Å². The molecule has 144 valence electrons. The molecule has 3 aromatic rings. The number of nitrogens with zero attached hydrogens (tertiary/aromatic N) is 1. The van der Waals surface area contributed by atoms with E-state index in [9.17, 15) is 4.79 Å². The molecule has 1 aromatic heterocycles. The zero-order valence-corrected chi connectivity index (χ0v) is 16.0. The van der Waals surface area contributed by atoms with Crippen molar-refractivity contribution in [3.63, 3.8) is 0 Å². The van der Waals surface area contributed by atoms with E-state index in [0.29, 0.717) is 29.6 Å². The summed E-state index contributed by atoms with van der Waals surface area (Å²) in [5.41, 5.74) is 3.77. The van der Waals surface area contributed by atoms with Crippen molar-refractivity contribution in [3.05, 3.63) is 65.0 Å². The number of rotatable bonds is 6. The molecule has 1 aliphatic rings. The van der Waals surface area contributed by atoms with Crippen molar-refractivity contribution in [1.29, 1.82) is 0 Å². The van der Waals surface area contributed by atoms with Gasteiger partial charge in [0, 0.05) is 12.1 Å². The minimum Gasteiger partial charge on any atom is -0.454 e. The zero-order valence-electron chi connectivity index (χ0n) is 16.0. The summed E-state index contributed by atoms with van der Waals surface area (Å²) in [6.07, 6.45) is 1.16. The van der Waals surface area contributed by atoms with Crippen molar-refractivity contribution in [2.24, 2.45) is 0 Å². The molecule has 1 aliphatic heterocycles. The minimum absolute atomic E-state index is 0.109. The van der Waals surface area contributed by atoms with Crippen LogP contribution in [-0.2, 0) is 24.2 Å². The Kier molecular flexibility index (Phi) is 5.02. The molecule has 0 fully saturated rings. The molecule has 1 N–H and O–H groups in total. The van der Waals surface area contributed by atoms with E-state index in [2.05, 4.69) is 29.4 Å². The highest BCUT2D eigenvalue weighted by Gasteiger charge is 2.16. The van der Waals surface area contributed by atoms with Crippen LogP contribution < -0.4 is 14.8 Å².